The topological polar surface area (TPSA) is 104 Å². The lowest BCUT2D eigenvalue weighted by molar-refractivity contribution is 1.10. The second kappa shape index (κ2) is 7.97. The molecule has 1 aliphatic rings. The minimum Gasteiger partial charge on any atom is -0.398 e. The minimum absolute atomic E-state index is 0.685. The lowest BCUT2D eigenvalue weighted by Crippen LogP contribution is -2.08. The van der Waals surface area contributed by atoms with Gasteiger partial charge >= 0.3 is 0 Å². The van der Waals surface area contributed by atoms with E-state index in [1.54, 1.807) is 0 Å². The summed E-state index contributed by atoms with van der Waals surface area (Å²) in [7, 11) is 0. The fraction of sp³-hybridized carbons (Fsp3) is 0.143. The van der Waals surface area contributed by atoms with Crippen LogP contribution in [0.5, 0.6) is 0 Å². The summed E-state index contributed by atoms with van der Waals surface area (Å²) < 4.78 is 0. The molecule has 0 saturated heterocycles. The van der Waals surface area contributed by atoms with Crippen molar-refractivity contribution < 1.29 is 0 Å². The maximum atomic E-state index is 6.63. The zero-order valence-corrected chi connectivity index (χ0v) is 18.1. The highest BCUT2D eigenvalue weighted by molar-refractivity contribution is 5.66. The van der Waals surface area contributed by atoms with E-state index in [-0.39, 0.29) is 0 Å². The van der Waals surface area contributed by atoms with Crippen LogP contribution in [0.4, 0.5) is 22.7 Å². The molecule has 4 aromatic rings. The number of anilines is 4. The van der Waals surface area contributed by atoms with E-state index in [0.717, 1.165) is 67.3 Å². The second-order valence-corrected chi connectivity index (χ2v) is 8.67. The molecule has 4 heteroatoms. The summed E-state index contributed by atoms with van der Waals surface area (Å²) >= 11 is 0. The smallest absolute Gasteiger partial charge is 0.0385 e. The SMILES string of the molecule is Nc1c2cccc1Cc1cccc(c1N)Cc1cccc(c1N)Cc1cccc(c1N)C2. The van der Waals surface area contributed by atoms with Crippen molar-refractivity contribution in [2.24, 2.45) is 0 Å². The van der Waals surface area contributed by atoms with Crippen LogP contribution in [0.2, 0.25) is 0 Å². The van der Waals surface area contributed by atoms with Gasteiger partial charge in [-0.1, -0.05) is 72.8 Å². The molecular weight excluding hydrogens is 392 g/mol. The van der Waals surface area contributed by atoms with E-state index in [2.05, 4.69) is 72.8 Å². The molecule has 4 nitrogen and oxygen atoms in total. The minimum atomic E-state index is 0.685. The molecule has 8 bridgehead atoms. The Balaban J connectivity index is 1.71. The Morgan fingerprint density at radius 1 is 0.312 bits per heavy atom. The average molecular weight is 421 g/mol. The number of benzene rings is 4. The summed E-state index contributed by atoms with van der Waals surface area (Å²) in [5, 5.41) is 0. The summed E-state index contributed by atoms with van der Waals surface area (Å²) in [4.78, 5) is 0. The van der Waals surface area contributed by atoms with E-state index in [1.165, 1.54) is 0 Å². The van der Waals surface area contributed by atoms with Crippen molar-refractivity contribution in [1.82, 2.24) is 0 Å². The van der Waals surface area contributed by atoms with Gasteiger partial charge in [-0.05, 0) is 44.5 Å². The molecule has 160 valence electrons. The Kier molecular flexibility index (Phi) is 4.98. The maximum Gasteiger partial charge on any atom is 0.0385 e. The third-order valence-electron chi connectivity index (χ3n) is 6.67. The lowest BCUT2D eigenvalue weighted by Gasteiger charge is -2.18. The molecule has 0 amide bonds. The van der Waals surface area contributed by atoms with E-state index in [0.29, 0.717) is 25.7 Å². The predicted molar refractivity (Wildman–Crippen MR) is 135 cm³/mol. The highest BCUT2D eigenvalue weighted by Crippen LogP contribution is 2.32. The van der Waals surface area contributed by atoms with Crippen molar-refractivity contribution in [3.05, 3.63) is 117 Å². The molecule has 4 aromatic carbocycles. The van der Waals surface area contributed by atoms with Crippen molar-refractivity contribution in [3.63, 3.8) is 0 Å². The van der Waals surface area contributed by atoms with Crippen LogP contribution < -0.4 is 22.9 Å². The third-order valence-corrected chi connectivity index (χ3v) is 6.67. The normalized spacial score (nSPS) is 13.0. The molecule has 1 aliphatic carbocycles. The molecule has 0 heterocycles. The first-order valence-electron chi connectivity index (χ1n) is 11.0. The van der Waals surface area contributed by atoms with Crippen molar-refractivity contribution in [1.29, 1.82) is 0 Å². The molecule has 0 unspecified atom stereocenters. The zero-order valence-electron chi connectivity index (χ0n) is 18.1. The average Bonchev–Trinajstić information content (AvgIpc) is 2.78. The van der Waals surface area contributed by atoms with E-state index < -0.39 is 0 Å². The first-order valence-corrected chi connectivity index (χ1v) is 11.0. The molecular formula is C28H28N4. The summed E-state index contributed by atoms with van der Waals surface area (Å²) in [5.74, 6) is 0. The Hall–Kier alpha value is -3.92. The standard InChI is InChI=1S/C28H28N4/c29-25-17-5-1-6-18(25)14-20-8-3-10-22(27(20)31)16-24-12-4-11-23(28(24)32)15-21-9-2-7-19(13-17)26(21)30/h1-12H,13-16,29-32H2. The van der Waals surface area contributed by atoms with Crippen LogP contribution in [0.3, 0.4) is 0 Å². The van der Waals surface area contributed by atoms with Gasteiger partial charge < -0.3 is 22.9 Å². The molecule has 0 aromatic heterocycles. The number of nitrogen functional groups attached to an aromatic ring is 4. The number of para-hydroxylation sites is 4. The Morgan fingerprint density at radius 2 is 0.469 bits per heavy atom. The van der Waals surface area contributed by atoms with Crippen LogP contribution in [0, 0.1) is 0 Å². The van der Waals surface area contributed by atoms with E-state index in [9.17, 15) is 0 Å². The highest BCUT2D eigenvalue weighted by Gasteiger charge is 2.15. The van der Waals surface area contributed by atoms with Crippen LogP contribution in [0.1, 0.15) is 44.5 Å². The lowest BCUT2D eigenvalue weighted by atomic mass is 9.90. The van der Waals surface area contributed by atoms with Crippen LogP contribution in [-0.4, -0.2) is 0 Å². The van der Waals surface area contributed by atoms with Crippen molar-refractivity contribution in [2.75, 3.05) is 22.9 Å². The highest BCUT2D eigenvalue weighted by atomic mass is 14.6. The van der Waals surface area contributed by atoms with Crippen LogP contribution in [0.15, 0.2) is 72.8 Å². The van der Waals surface area contributed by atoms with Crippen LogP contribution >= 0.6 is 0 Å². The summed E-state index contributed by atoms with van der Waals surface area (Å²) in [5.41, 5.74) is 38.4. The Bertz CT molecular complexity index is 1040. The van der Waals surface area contributed by atoms with Gasteiger partial charge in [0.1, 0.15) is 0 Å². The van der Waals surface area contributed by atoms with Crippen molar-refractivity contribution >= 4 is 22.7 Å². The molecule has 32 heavy (non-hydrogen) atoms. The van der Waals surface area contributed by atoms with Gasteiger partial charge in [-0.2, -0.15) is 0 Å². The molecule has 8 N–H and O–H groups in total. The number of hydrogen-bond acceptors (Lipinski definition) is 4. The van der Waals surface area contributed by atoms with E-state index >= 15 is 0 Å². The summed E-state index contributed by atoms with van der Waals surface area (Å²) in [6, 6.07) is 24.9. The van der Waals surface area contributed by atoms with Gasteiger partial charge in [0.25, 0.3) is 0 Å². The number of rotatable bonds is 0. The first kappa shape index (κ1) is 20.0. The van der Waals surface area contributed by atoms with Gasteiger partial charge in [0.2, 0.25) is 0 Å². The largest absolute Gasteiger partial charge is 0.398 e. The third kappa shape index (κ3) is 3.54. The molecule has 5 rings (SSSR count). The Labute approximate surface area is 188 Å². The molecule has 0 atom stereocenters. The van der Waals surface area contributed by atoms with Crippen molar-refractivity contribution in [2.45, 2.75) is 25.7 Å². The van der Waals surface area contributed by atoms with Crippen LogP contribution in [-0.2, 0) is 25.7 Å². The summed E-state index contributed by atoms with van der Waals surface area (Å²) in [6.45, 7) is 0. The zero-order chi connectivity index (χ0) is 22.2. The first-order chi connectivity index (χ1) is 15.5. The second-order valence-electron chi connectivity index (χ2n) is 8.67. The van der Waals surface area contributed by atoms with Gasteiger partial charge in [-0.3, -0.25) is 0 Å². The van der Waals surface area contributed by atoms with Gasteiger partial charge in [-0.15, -0.1) is 0 Å². The van der Waals surface area contributed by atoms with Gasteiger partial charge in [0.15, 0.2) is 0 Å². The number of fused-ring (bicyclic) bond motifs is 8. The monoisotopic (exact) mass is 420 g/mol. The predicted octanol–water partition coefficient (Wildman–Crippen LogP) is 4.69. The number of hydrogen-bond donors (Lipinski definition) is 4. The van der Waals surface area contributed by atoms with Gasteiger partial charge in [0.05, 0.1) is 0 Å². The quantitative estimate of drug-likeness (QED) is 0.273. The molecule has 0 fully saturated rings. The molecule has 0 spiro atoms. The van der Waals surface area contributed by atoms with Crippen molar-refractivity contribution in [3.8, 4) is 0 Å². The van der Waals surface area contributed by atoms with Gasteiger partial charge in [0, 0.05) is 48.4 Å². The summed E-state index contributed by atoms with van der Waals surface area (Å²) in [6.07, 6.45) is 2.74. The molecule has 0 saturated carbocycles. The Morgan fingerprint density at radius 3 is 0.625 bits per heavy atom. The molecule has 0 radical (unpaired) electrons. The maximum absolute atomic E-state index is 6.63. The number of nitrogens with two attached hydrogens (primary N) is 4. The van der Waals surface area contributed by atoms with Gasteiger partial charge in [-0.25, -0.2) is 0 Å². The fourth-order valence-electron chi connectivity index (χ4n) is 4.72. The van der Waals surface area contributed by atoms with Crippen LogP contribution in [0.25, 0.3) is 0 Å². The van der Waals surface area contributed by atoms with E-state index in [4.69, 9.17) is 22.9 Å². The van der Waals surface area contributed by atoms with E-state index in [1.807, 2.05) is 0 Å². The fourth-order valence-corrected chi connectivity index (χ4v) is 4.72. The molecule has 0 aliphatic heterocycles.